The van der Waals surface area contributed by atoms with Gasteiger partial charge < -0.3 is 5.11 Å². The predicted octanol–water partition coefficient (Wildman–Crippen LogP) is 8.80. The highest BCUT2D eigenvalue weighted by molar-refractivity contribution is 7.17. The Morgan fingerprint density at radius 1 is 0.643 bits per heavy atom. The average molecular weight is 437 g/mol. The molecule has 0 aliphatic carbocycles. The number of hydrogen-bond donors (Lipinski definition) is 1. The quantitative estimate of drug-likeness (QED) is 0.144. The molecule has 0 aromatic carbocycles. The van der Waals surface area contributed by atoms with E-state index in [9.17, 15) is 9.90 Å². The van der Waals surface area contributed by atoms with Crippen molar-refractivity contribution in [1.82, 2.24) is 0 Å². The maximum atomic E-state index is 11.4. The second-order valence-corrected chi connectivity index (χ2v) is 9.49. The van der Waals surface area contributed by atoms with Crippen molar-refractivity contribution in [3.8, 4) is 0 Å². The van der Waals surface area contributed by atoms with E-state index in [2.05, 4.69) is 23.1 Å². The van der Waals surface area contributed by atoms with Crippen LogP contribution in [-0.2, 0) is 4.79 Å². The van der Waals surface area contributed by atoms with Crippen molar-refractivity contribution in [2.75, 3.05) is 0 Å². The van der Waals surface area contributed by atoms with E-state index in [1.54, 1.807) is 0 Å². The number of hydrogen-bond acceptors (Lipinski definition) is 1. The summed E-state index contributed by atoms with van der Waals surface area (Å²) in [5.74, 6) is -0.696. The highest BCUT2D eigenvalue weighted by Crippen LogP contribution is 2.23. The zero-order valence-corrected chi connectivity index (χ0v) is 20.9. The minimum atomic E-state index is -0.582. The molecule has 28 heavy (non-hydrogen) atoms. The highest BCUT2D eigenvalue weighted by Gasteiger charge is 2.16. The van der Waals surface area contributed by atoms with Crippen LogP contribution in [0.5, 0.6) is 0 Å². The first-order valence-corrected chi connectivity index (χ1v) is 12.8. The normalized spacial score (nSPS) is 13.1. The minimum Gasteiger partial charge on any atom is -0.481 e. The fraction of sp³-hybridized carbons (Fsp3) is 0.958. The largest absolute Gasteiger partial charge is 0.481 e. The van der Waals surface area contributed by atoms with E-state index < -0.39 is 5.97 Å². The Hall–Kier alpha value is 0.190. The summed E-state index contributed by atoms with van der Waals surface area (Å²) in [6.45, 7) is 4.47. The lowest BCUT2D eigenvalue weighted by Crippen LogP contribution is -2.14. The van der Waals surface area contributed by atoms with E-state index in [0.717, 1.165) is 25.7 Å². The van der Waals surface area contributed by atoms with Crippen LogP contribution in [0.25, 0.3) is 0 Å². The molecular formula is C24H50ClO2P. The molecule has 1 N–H and O–H groups in total. The summed E-state index contributed by atoms with van der Waals surface area (Å²) in [5, 5.41) is 9.39. The molecule has 0 saturated carbocycles. The molecule has 0 radical (unpaired) electrons. The number of halogens is 1. The summed E-state index contributed by atoms with van der Waals surface area (Å²) < 4.78 is 0. The van der Waals surface area contributed by atoms with Crippen molar-refractivity contribution >= 4 is 27.6 Å². The molecule has 0 saturated heterocycles. The number of carboxylic acid groups (broad SMARTS) is 1. The highest BCUT2D eigenvalue weighted by atomic mass is 35.5. The van der Waals surface area contributed by atoms with Crippen LogP contribution in [-0.4, -0.2) is 16.7 Å². The standard InChI is InChI=1S/C24H49O2P.ClH/c1-3-5-7-9-10-11-12-13-14-16-20-23(27)21-17-19-22(24(25)26)18-15-8-6-4-2;/h22-23H,3-21,27H2,1-2H3,(H,25,26);1H. The van der Waals surface area contributed by atoms with Gasteiger partial charge in [0.05, 0.1) is 5.92 Å². The van der Waals surface area contributed by atoms with Gasteiger partial charge in [0.1, 0.15) is 0 Å². The molecule has 3 unspecified atom stereocenters. The summed E-state index contributed by atoms with van der Waals surface area (Å²) in [6.07, 6.45) is 23.9. The second kappa shape index (κ2) is 23.5. The van der Waals surface area contributed by atoms with E-state index in [4.69, 9.17) is 0 Å². The van der Waals surface area contributed by atoms with Gasteiger partial charge in [-0.05, 0) is 31.3 Å². The van der Waals surface area contributed by atoms with Crippen LogP contribution in [0, 0.1) is 5.92 Å². The van der Waals surface area contributed by atoms with Gasteiger partial charge in [0, 0.05) is 0 Å². The van der Waals surface area contributed by atoms with Crippen LogP contribution in [0.1, 0.15) is 136 Å². The van der Waals surface area contributed by atoms with Gasteiger partial charge in [0.2, 0.25) is 0 Å². The van der Waals surface area contributed by atoms with E-state index in [1.165, 1.54) is 96.3 Å². The summed E-state index contributed by atoms with van der Waals surface area (Å²) >= 11 is 0. The van der Waals surface area contributed by atoms with Gasteiger partial charge in [-0.25, -0.2) is 0 Å². The van der Waals surface area contributed by atoms with E-state index in [-0.39, 0.29) is 18.3 Å². The van der Waals surface area contributed by atoms with E-state index in [1.807, 2.05) is 0 Å². The van der Waals surface area contributed by atoms with Gasteiger partial charge in [-0.3, -0.25) is 4.79 Å². The first-order chi connectivity index (χ1) is 13.1. The predicted molar refractivity (Wildman–Crippen MR) is 131 cm³/mol. The van der Waals surface area contributed by atoms with Crippen LogP contribution >= 0.6 is 21.6 Å². The molecule has 2 nitrogen and oxygen atoms in total. The van der Waals surface area contributed by atoms with Gasteiger partial charge >= 0.3 is 5.97 Å². The molecule has 0 heterocycles. The van der Waals surface area contributed by atoms with Crippen LogP contribution < -0.4 is 0 Å². The average Bonchev–Trinajstić information content (AvgIpc) is 2.65. The lowest BCUT2D eigenvalue weighted by molar-refractivity contribution is -0.142. The second-order valence-electron chi connectivity index (χ2n) is 8.55. The molecule has 0 rings (SSSR count). The van der Waals surface area contributed by atoms with Crippen molar-refractivity contribution < 1.29 is 9.90 Å². The monoisotopic (exact) mass is 436 g/mol. The van der Waals surface area contributed by atoms with Gasteiger partial charge in [0.25, 0.3) is 0 Å². The van der Waals surface area contributed by atoms with Crippen LogP contribution in [0.15, 0.2) is 0 Å². The van der Waals surface area contributed by atoms with Crippen molar-refractivity contribution in [3.63, 3.8) is 0 Å². The molecule has 3 atom stereocenters. The van der Waals surface area contributed by atoms with Gasteiger partial charge in [0.15, 0.2) is 0 Å². The molecule has 4 heteroatoms. The molecule has 0 aromatic rings. The molecule has 0 fully saturated rings. The van der Waals surface area contributed by atoms with E-state index >= 15 is 0 Å². The third-order valence-electron chi connectivity index (χ3n) is 5.81. The molecule has 0 amide bonds. The zero-order chi connectivity index (χ0) is 20.2. The molecule has 0 bridgehead atoms. The smallest absolute Gasteiger partial charge is 0.306 e. The summed E-state index contributed by atoms with van der Waals surface area (Å²) in [5.41, 5.74) is 0.675. The Balaban J connectivity index is 0. The van der Waals surface area contributed by atoms with Crippen molar-refractivity contribution in [2.45, 2.75) is 142 Å². The number of aliphatic carboxylic acids is 1. The first kappa shape index (κ1) is 30.4. The van der Waals surface area contributed by atoms with Crippen molar-refractivity contribution in [1.29, 1.82) is 0 Å². The van der Waals surface area contributed by atoms with Crippen LogP contribution in [0.2, 0.25) is 0 Å². The molecule has 0 aliphatic heterocycles. The Labute approximate surface area is 185 Å². The molecule has 170 valence electrons. The van der Waals surface area contributed by atoms with Crippen molar-refractivity contribution in [2.24, 2.45) is 5.92 Å². The fourth-order valence-electron chi connectivity index (χ4n) is 3.87. The van der Waals surface area contributed by atoms with Crippen LogP contribution in [0.3, 0.4) is 0 Å². The minimum absolute atomic E-state index is 0. The molecule has 0 aromatic heterocycles. The Morgan fingerprint density at radius 2 is 1.00 bits per heavy atom. The lowest BCUT2D eigenvalue weighted by Gasteiger charge is -2.15. The maximum absolute atomic E-state index is 11.4. The molecule has 0 spiro atoms. The van der Waals surface area contributed by atoms with E-state index in [0.29, 0.717) is 5.66 Å². The van der Waals surface area contributed by atoms with Gasteiger partial charge in [-0.15, -0.1) is 21.6 Å². The zero-order valence-electron chi connectivity index (χ0n) is 18.9. The SMILES string of the molecule is CCCCCCCCCCCCC(P)CCCC(CCCCCC)C(=O)O.Cl. The molecular weight excluding hydrogens is 387 g/mol. The summed E-state index contributed by atoms with van der Waals surface area (Å²) in [6, 6.07) is 0. The summed E-state index contributed by atoms with van der Waals surface area (Å²) in [4.78, 5) is 11.4. The molecule has 0 aliphatic rings. The number of unbranched alkanes of at least 4 members (excludes halogenated alkanes) is 12. The maximum Gasteiger partial charge on any atom is 0.306 e. The third kappa shape index (κ3) is 20.9. The number of carboxylic acids is 1. The number of rotatable bonds is 21. The van der Waals surface area contributed by atoms with Crippen LogP contribution in [0.4, 0.5) is 0 Å². The van der Waals surface area contributed by atoms with Crippen molar-refractivity contribution in [3.05, 3.63) is 0 Å². The Bertz CT molecular complexity index is 326. The topological polar surface area (TPSA) is 37.3 Å². The summed E-state index contributed by atoms with van der Waals surface area (Å²) in [7, 11) is 3.00. The Kier molecular flexibility index (Phi) is 25.5. The fourth-order valence-corrected chi connectivity index (χ4v) is 4.34. The number of carbonyl (C=O) groups is 1. The van der Waals surface area contributed by atoms with Gasteiger partial charge in [-0.2, -0.15) is 0 Å². The lowest BCUT2D eigenvalue weighted by atomic mass is 9.94. The Morgan fingerprint density at radius 3 is 1.50 bits per heavy atom. The first-order valence-electron chi connectivity index (χ1n) is 12.1. The van der Waals surface area contributed by atoms with Gasteiger partial charge in [-0.1, -0.05) is 110 Å². The third-order valence-corrected chi connectivity index (χ3v) is 6.48.